The zero-order valence-electron chi connectivity index (χ0n) is 24.2. The van der Waals surface area contributed by atoms with E-state index in [1.165, 1.54) is 16.8 Å². The van der Waals surface area contributed by atoms with E-state index in [1.54, 1.807) is 11.8 Å². The molecule has 4 N–H and O–H groups in total. The lowest BCUT2D eigenvalue weighted by molar-refractivity contribution is -0.360. The predicted molar refractivity (Wildman–Crippen MR) is 170 cm³/mol. The summed E-state index contributed by atoms with van der Waals surface area (Å²) in [5.74, 6) is 2.28. The Balaban J connectivity index is 1.24. The third kappa shape index (κ3) is 8.02. The van der Waals surface area contributed by atoms with Crippen LogP contribution in [0, 0.1) is 0 Å². The number of halogens is 5. The number of nitrogens with zero attached hydrogens (tertiary/aromatic N) is 3. The van der Waals surface area contributed by atoms with Gasteiger partial charge in [-0.2, -0.15) is 43.4 Å². The molecule has 0 amide bonds. The molecule has 1 fully saturated rings. The number of anilines is 2. The van der Waals surface area contributed by atoms with Gasteiger partial charge in [-0.3, -0.25) is 5.43 Å². The average molecular weight is 664 g/mol. The minimum absolute atomic E-state index is 0.166. The zero-order valence-corrected chi connectivity index (χ0v) is 25.8. The number of para-hydroxylation sites is 1. The van der Waals surface area contributed by atoms with Crippen molar-refractivity contribution in [2.24, 2.45) is 0 Å². The predicted octanol–water partition coefficient (Wildman–Crippen LogP) is 7.11. The van der Waals surface area contributed by atoms with Gasteiger partial charge in [0.1, 0.15) is 5.75 Å². The Morgan fingerprint density at radius 3 is 2.31 bits per heavy atom. The Bertz CT molecular complexity index is 1610. The molecule has 0 saturated carbocycles. The third-order valence-corrected chi connectivity index (χ3v) is 8.25. The number of thioether (sulfide) groups is 1. The van der Waals surface area contributed by atoms with Crippen molar-refractivity contribution in [3.63, 3.8) is 0 Å². The molecule has 0 unspecified atom stereocenters. The van der Waals surface area contributed by atoms with Gasteiger partial charge in [-0.05, 0) is 59.6 Å². The van der Waals surface area contributed by atoms with Gasteiger partial charge in [0.05, 0.1) is 5.69 Å². The van der Waals surface area contributed by atoms with Gasteiger partial charge in [0.15, 0.2) is 10.9 Å². The highest BCUT2D eigenvalue weighted by Gasteiger charge is 2.61. The number of hydrogen-bond donors (Lipinski definition) is 4. The van der Waals surface area contributed by atoms with Crippen LogP contribution in [0.3, 0.4) is 0 Å². The lowest BCUT2D eigenvalue weighted by atomic mass is 10.0. The molecule has 0 atom stereocenters. The molecule has 0 radical (unpaired) electrons. The fraction of sp³-hybridized carbons (Fsp3) is 0.300. The molecule has 4 aromatic rings. The molecule has 1 aliphatic heterocycles. The van der Waals surface area contributed by atoms with Crippen molar-refractivity contribution >= 4 is 40.7 Å². The Hall–Kier alpha value is -3.95. The van der Waals surface area contributed by atoms with E-state index < -0.39 is 18.0 Å². The summed E-state index contributed by atoms with van der Waals surface area (Å²) in [4.78, 5) is 4.65. The highest BCUT2D eigenvalue weighted by Crippen LogP contribution is 2.37. The second-order valence-corrected chi connectivity index (χ2v) is 12.0. The number of thiocarbonyl (C=S) groups is 1. The van der Waals surface area contributed by atoms with E-state index in [2.05, 4.69) is 56.2 Å². The minimum atomic E-state index is -5.84. The molecular formula is C30H30F5N7OS2. The molecule has 2 heterocycles. The van der Waals surface area contributed by atoms with Crippen molar-refractivity contribution in [2.45, 2.75) is 44.6 Å². The van der Waals surface area contributed by atoms with E-state index in [0.717, 1.165) is 46.0 Å². The number of hydrazine groups is 1. The zero-order chi connectivity index (χ0) is 32.2. The van der Waals surface area contributed by atoms with Crippen molar-refractivity contribution in [3.8, 4) is 22.8 Å². The summed E-state index contributed by atoms with van der Waals surface area (Å²) in [6.45, 7) is 4.71. The van der Waals surface area contributed by atoms with Gasteiger partial charge in [-0.1, -0.05) is 56.3 Å². The molecule has 3 aromatic carbocycles. The molecule has 1 aromatic heterocycles. The highest BCUT2D eigenvalue weighted by atomic mass is 32.2. The maximum Gasteiger partial charge on any atom is 0.499 e. The van der Waals surface area contributed by atoms with Gasteiger partial charge in [0.25, 0.3) is 0 Å². The summed E-state index contributed by atoms with van der Waals surface area (Å²) >= 11 is 7.20. The summed E-state index contributed by atoms with van der Waals surface area (Å²) in [5.41, 5.74) is 10.3. The van der Waals surface area contributed by atoms with Crippen LogP contribution >= 0.6 is 24.0 Å². The molecule has 0 bridgehead atoms. The number of nitrogens with one attached hydrogen (secondary N) is 4. The Kier molecular flexibility index (Phi) is 9.79. The van der Waals surface area contributed by atoms with Crippen molar-refractivity contribution in [3.05, 3.63) is 83.9 Å². The molecule has 45 heavy (non-hydrogen) atoms. The van der Waals surface area contributed by atoms with Crippen LogP contribution in [0.1, 0.15) is 30.9 Å². The summed E-state index contributed by atoms with van der Waals surface area (Å²) in [5, 5.41) is 11.6. The van der Waals surface area contributed by atoms with Gasteiger partial charge in [-0.15, -0.1) is 5.10 Å². The van der Waals surface area contributed by atoms with E-state index in [4.69, 9.17) is 12.2 Å². The molecule has 0 aliphatic carbocycles. The standard InChI is InChI=1S/C30H30F5N7OS2/c1-18(2)24-5-3-4-6-25(24)38-28(44)40-36-15-19-7-9-20(10-8-19)26-39-27(37-21-16-45-17-21)42(41-26)22-11-13-23(14-12-22)43-30(34,35)29(31,32)33/h3-14,18,21,36H,15-17H2,1-2H3,(H,37,39,41)(H2,38,40,44). The monoisotopic (exact) mass is 663 g/mol. The topological polar surface area (TPSA) is 88.1 Å². The quantitative estimate of drug-likeness (QED) is 0.0762. The number of benzene rings is 3. The van der Waals surface area contributed by atoms with Gasteiger partial charge in [0, 0.05) is 35.3 Å². The van der Waals surface area contributed by atoms with E-state index >= 15 is 0 Å². The van der Waals surface area contributed by atoms with Gasteiger partial charge < -0.3 is 15.4 Å². The number of hydrogen-bond acceptors (Lipinski definition) is 7. The van der Waals surface area contributed by atoms with Crippen LogP contribution < -0.4 is 26.2 Å². The maximum absolute atomic E-state index is 13.3. The smallest absolute Gasteiger partial charge is 0.426 e. The fourth-order valence-corrected chi connectivity index (χ4v) is 5.16. The van der Waals surface area contributed by atoms with Crippen LogP contribution in [-0.4, -0.2) is 49.7 Å². The Labute approximate surface area is 266 Å². The highest BCUT2D eigenvalue weighted by molar-refractivity contribution is 8.00. The lowest BCUT2D eigenvalue weighted by Gasteiger charge is -2.26. The lowest BCUT2D eigenvalue weighted by Crippen LogP contribution is -2.41. The summed E-state index contributed by atoms with van der Waals surface area (Å²) < 4.78 is 69.7. The van der Waals surface area contributed by atoms with E-state index in [-0.39, 0.29) is 6.04 Å². The normalized spacial score (nSPS) is 13.8. The van der Waals surface area contributed by atoms with Gasteiger partial charge in [-0.25, -0.2) is 5.43 Å². The summed E-state index contributed by atoms with van der Waals surface area (Å²) in [7, 11) is 0. The van der Waals surface area contributed by atoms with Crippen molar-refractivity contribution < 1.29 is 26.7 Å². The molecular weight excluding hydrogens is 634 g/mol. The number of alkyl halides is 5. The van der Waals surface area contributed by atoms with Crippen molar-refractivity contribution in [1.29, 1.82) is 0 Å². The maximum atomic E-state index is 13.3. The van der Waals surface area contributed by atoms with Crippen LogP contribution in [0.5, 0.6) is 5.75 Å². The summed E-state index contributed by atoms with van der Waals surface area (Å²) in [6.07, 6.45) is -11.2. The molecule has 238 valence electrons. The first-order valence-corrected chi connectivity index (χ1v) is 15.5. The molecule has 0 spiro atoms. The van der Waals surface area contributed by atoms with Gasteiger partial charge in [0.2, 0.25) is 5.95 Å². The largest absolute Gasteiger partial charge is 0.499 e. The first-order chi connectivity index (χ1) is 21.4. The fourth-order valence-electron chi connectivity index (χ4n) is 4.34. The van der Waals surface area contributed by atoms with Crippen molar-refractivity contribution in [2.75, 3.05) is 22.1 Å². The van der Waals surface area contributed by atoms with Crippen LogP contribution in [0.4, 0.5) is 33.6 Å². The van der Waals surface area contributed by atoms with E-state index in [0.29, 0.717) is 35.0 Å². The molecule has 1 aliphatic rings. The van der Waals surface area contributed by atoms with Crippen LogP contribution in [-0.2, 0) is 6.54 Å². The number of rotatable bonds is 11. The molecule has 1 saturated heterocycles. The number of ether oxygens (including phenoxy) is 1. The first kappa shape index (κ1) is 32.4. The van der Waals surface area contributed by atoms with Crippen molar-refractivity contribution in [1.82, 2.24) is 25.6 Å². The second-order valence-electron chi connectivity index (χ2n) is 10.5. The SMILES string of the molecule is CC(C)c1ccccc1NC(=S)NNCc1ccc(-c2nc(NC3CSC3)n(-c3ccc(OC(F)(F)C(F)(F)F)cc3)n2)cc1. The Morgan fingerprint density at radius 2 is 1.69 bits per heavy atom. The summed E-state index contributed by atoms with van der Waals surface area (Å²) in [6, 6.07) is 20.4. The molecule has 5 rings (SSSR count). The van der Waals surface area contributed by atoms with E-state index in [9.17, 15) is 22.0 Å². The molecule has 8 nitrogen and oxygen atoms in total. The van der Waals surface area contributed by atoms with Crippen LogP contribution in [0.2, 0.25) is 0 Å². The van der Waals surface area contributed by atoms with E-state index in [1.807, 2.05) is 42.5 Å². The third-order valence-electron chi connectivity index (χ3n) is 6.77. The number of aromatic nitrogens is 3. The van der Waals surface area contributed by atoms with Crippen LogP contribution in [0.15, 0.2) is 72.8 Å². The second kappa shape index (κ2) is 13.6. The minimum Gasteiger partial charge on any atom is -0.426 e. The van der Waals surface area contributed by atoms with Gasteiger partial charge >= 0.3 is 12.3 Å². The molecule has 15 heteroatoms. The van der Waals surface area contributed by atoms with Crippen LogP contribution in [0.25, 0.3) is 17.1 Å². The average Bonchev–Trinajstić information content (AvgIpc) is 3.39. The first-order valence-electron chi connectivity index (χ1n) is 13.9. The Morgan fingerprint density at radius 1 is 1.00 bits per heavy atom.